The zero-order valence-corrected chi connectivity index (χ0v) is 15.7. The van der Waals surface area contributed by atoms with Gasteiger partial charge < -0.3 is 5.32 Å². The van der Waals surface area contributed by atoms with Crippen LogP contribution in [0.2, 0.25) is 0 Å². The predicted octanol–water partition coefficient (Wildman–Crippen LogP) is 2.73. The van der Waals surface area contributed by atoms with E-state index >= 15 is 0 Å². The van der Waals surface area contributed by atoms with Gasteiger partial charge in [0.15, 0.2) is 5.11 Å². The Kier molecular flexibility index (Phi) is 6.22. The van der Waals surface area contributed by atoms with E-state index in [4.69, 9.17) is 12.2 Å². The zero-order valence-electron chi connectivity index (χ0n) is 14.9. The van der Waals surface area contributed by atoms with Crippen LogP contribution < -0.4 is 10.6 Å². The molecular weight excluding hydrogens is 360 g/mol. The highest BCUT2D eigenvalue weighted by atomic mass is 32.1. The van der Waals surface area contributed by atoms with Gasteiger partial charge in [-0.2, -0.15) is 4.80 Å². The first-order valence-corrected chi connectivity index (χ1v) is 9.07. The molecule has 0 saturated heterocycles. The number of hydrogen-bond acceptors (Lipinski definition) is 5. The quantitative estimate of drug-likeness (QED) is 0.640. The van der Waals surface area contributed by atoms with E-state index in [-0.39, 0.29) is 17.0 Å². The molecule has 0 unspecified atom stereocenters. The lowest BCUT2D eigenvalue weighted by Gasteiger charge is -2.18. The highest BCUT2D eigenvalue weighted by Crippen LogP contribution is 2.24. The maximum atomic E-state index is 13.0. The number of hydrogen-bond donors (Lipinski definition) is 2. The van der Waals surface area contributed by atoms with Crippen molar-refractivity contribution in [1.29, 1.82) is 0 Å². The lowest BCUT2D eigenvalue weighted by Crippen LogP contribution is -2.38. The summed E-state index contributed by atoms with van der Waals surface area (Å²) < 4.78 is 0. The monoisotopic (exact) mass is 380 g/mol. The van der Waals surface area contributed by atoms with Gasteiger partial charge in [0.05, 0.1) is 12.5 Å². The Morgan fingerprint density at radius 2 is 1.67 bits per heavy atom. The summed E-state index contributed by atoms with van der Waals surface area (Å²) in [6.07, 6.45) is 0.896. The van der Waals surface area contributed by atoms with Crippen LogP contribution in [0.1, 0.15) is 30.4 Å². The molecule has 0 aliphatic heterocycles. The van der Waals surface area contributed by atoms with Crippen LogP contribution in [0.25, 0.3) is 0 Å². The summed E-state index contributed by atoms with van der Waals surface area (Å²) in [5.74, 6) is -0.452. The largest absolute Gasteiger partial charge is 0.302 e. The third kappa shape index (κ3) is 4.95. The Bertz CT molecular complexity index is 857. The topological polar surface area (TPSA) is 84.7 Å². The average molecular weight is 380 g/mol. The number of carbonyl (C=O) groups excluding carboxylic acids is 1. The average Bonchev–Trinajstić information content (AvgIpc) is 3.10. The van der Waals surface area contributed by atoms with E-state index in [1.54, 1.807) is 0 Å². The van der Waals surface area contributed by atoms with Crippen molar-refractivity contribution < 1.29 is 4.79 Å². The Morgan fingerprint density at radius 3 is 2.22 bits per heavy atom. The van der Waals surface area contributed by atoms with E-state index in [1.165, 1.54) is 4.80 Å². The van der Waals surface area contributed by atoms with E-state index in [1.807, 2.05) is 67.6 Å². The molecule has 8 heteroatoms. The maximum absolute atomic E-state index is 13.0. The van der Waals surface area contributed by atoms with Crippen molar-refractivity contribution in [1.82, 2.24) is 25.5 Å². The Balaban J connectivity index is 1.73. The van der Waals surface area contributed by atoms with Crippen molar-refractivity contribution in [3.8, 4) is 0 Å². The molecule has 0 bridgehead atoms. The number of benzene rings is 2. The number of aryl methyl sites for hydroxylation is 1. The fourth-order valence-corrected chi connectivity index (χ4v) is 2.88. The van der Waals surface area contributed by atoms with E-state index in [0.29, 0.717) is 6.54 Å². The molecule has 1 heterocycles. The number of thiocarbonyl (C=S) groups is 1. The molecule has 7 nitrogen and oxygen atoms in total. The van der Waals surface area contributed by atoms with Gasteiger partial charge in [0.1, 0.15) is 0 Å². The summed E-state index contributed by atoms with van der Waals surface area (Å²) in [4.78, 5) is 14.4. The van der Waals surface area contributed by atoms with Gasteiger partial charge in [0.2, 0.25) is 5.91 Å². The fraction of sp³-hybridized carbons (Fsp3) is 0.211. The third-order valence-electron chi connectivity index (χ3n) is 3.87. The van der Waals surface area contributed by atoms with Gasteiger partial charge >= 0.3 is 0 Å². The smallest absolute Gasteiger partial charge is 0.269 e. The van der Waals surface area contributed by atoms with E-state index in [2.05, 4.69) is 26.0 Å². The molecule has 0 aliphatic rings. The Morgan fingerprint density at radius 1 is 1.07 bits per heavy atom. The molecule has 2 N–H and O–H groups in total. The van der Waals surface area contributed by atoms with Crippen molar-refractivity contribution in [2.75, 3.05) is 5.32 Å². The molecule has 138 valence electrons. The van der Waals surface area contributed by atoms with Crippen LogP contribution in [0, 0.1) is 0 Å². The van der Waals surface area contributed by atoms with Crippen molar-refractivity contribution in [3.05, 3.63) is 71.8 Å². The standard InChI is InChI=1S/C19H20N6OS/c1-2-13-25-23-18(22-24-25)21-19(27)20-17(26)16(14-9-5-3-6-10-14)15-11-7-4-8-12-15/h3-12,16H,2,13H2,1H3,(H2,20,21,23,26,27). The van der Waals surface area contributed by atoms with Crippen LogP contribution in [0.4, 0.5) is 5.95 Å². The first kappa shape index (κ1) is 18.7. The number of nitrogens with zero attached hydrogens (tertiary/aromatic N) is 4. The van der Waals surface area contributed by atoms with E-state index in [9.17, 15) is 4.79 Å². The molecule has 27 heavy (non-hydrogen) atoms. The number of rotatable bonds is 6. The Labute approximate surface area is 162 Å². The number of carbonyl (C=O) groups is 1. The second-order valence-electron chi connectivity index (χ2n) is 5.91. The molecule has 0 aliphatic carbocycles. The lowest BCUT2D eigenvalue weighted by molar-refractivity contribution is -0.120. The number of amides is 1. The van der Waals surface area contributed by atoms with Crippen LogP contribution in [-0.2, 0) is 11.3 Å². The van der Waals surface area contributed by atoms with E-state index in [0.717, 1.165) is 17.5 Å². The van der Waals surface area contributed by atoms with Crippen LogP contribution in [-0.4, -0.2) is 31.2 Å². The molecule has 0 radical (unpaired) electrons. The number of tetrazole rings is 1. The van der Waals surface area contributed by atoms with Gasteiger partial charge in [-0.1, -0.05) is 72.7 Å². The lowest BCUT2D eigenvalue weighted by atomic mass is 9.90. The van der Waals surface area contributed by atoms with Crippen molar-refractivity contribution >= 4 is 29.2 Å². The molecule has 3 aromatic rings. The SMILES string of the molecule is CCCn1nnc(NC(=S)NC(=O)C(c2ccccc2)c2ccccc2)n1. The minimum Gasteiger partial charge on any atom is -0.302 e. The molecule has 1 aromatic heterocycles. The van der Waals surface area contributed by atoms with Gasteiger partial charge in [-0.25, -0.2) is 0 Å². The zero-order chi connectivity index (χ0) is 19.1. The van der Waals surface area contributed by atoms with Crippen molar-refractivity contribution in [2.24, 2.45) is 0 Å². The number of anilines is 1. The predicted molar refractivity (Wildman–Crippen MR) is 107 cm³/mol. The molecule has 0 saturated carbocycles. The van der Waals surface area contributed by atoms with E-state index < -0.39 is 5.92 Å². The second kappa shape index (κ2) is 9.00. The highest BCUT2D eigenvalue weighted by molar-refractivity contribution is 7.80. The summed E-state index contributed by atoms with van der Waals surface area (Å²) in [7, 11) is 0. The summed E-state index contributed by atoms with van der Waals surface area (Å²) in [6.45, 7) is 2.69. The molecule has 2 aromatic carbocycles. The van der Waals surface area contributed by atoms with Crippen molar-refractivity contribution in [2.45, 2.75) is 25.8 Å². The summed E-state index contributed by atoms with van der Waals surface area (Å²) in [6, 6.07) is 19.2. The number of aromatic nitrogens is 4. The summed E-state index contributed by atoms with van der Waals surface area (Å²) in [5.41, 5.74) is 1.77. The number of nitrogens with one attached hydrogen (secondary N) is 2. The minimum absolute atomic E-state index is 0.132. The first-order chi connectivity index (χ1) is 13.2. The molecule has 3 rings (SSSR count). The van der Waals surface area contributed by atoms with Crippen LogP contribution in [0.5, 0.6) is 0 Å². The Hall–Kier alpha value is -3.13. The molecule has 1 amide bonds. The summed E-state index contributed by atoms with van der Waals surface area (Å²) in [5, 5.41) is 17.6. The highest BCUT2D eigenvalue weighted by Gasteiger charge is 2.23. The van der Waals surface area contributed by atoms with Gasteiger partial charge in [-0.05, 0) is 35.0 Å². The third-order valence-corrected chi connectivity index (χ3v) is 4.07. The maximum Gasteiger partial charge on any atom is 0.269 e. The molecular formula is C19H20N6OS. The van der Waals surface area contributed by atoms with Crippen molar-refractivity contribution in [3.63, 3.8) is 0 Å². The molecule has 0 atom stereocenters. The van der Waals surface area contributed by atoms with Crippen LogP contribution in [0.15, 0.2) is 60.7 Å². The van der Waals surface area contributed by atoms with Gasteiger partial charge in [0.25, 0.3) is 5.95 Å². The van der Waals surface area contributed by atoms with Gasteiger partial charge in [0, 0.05) is 0 Å². The minimum atomic E-state index is -0.476. The molecule has 0 spiro atoms. The molecule has 0 fully saturated rings. The van der Waals surface area contributed by atoms with Gasteiger partial charge in [-0.15, -0.1) is 5.10 Å². The van der Waals surface area contributed by atoms with Gasteiger partial charge in [-0.3, -0.25) is 10.1 Å². The fourth-order valence-electron chi connectivity index (χ4n) is 2.69. The summed E-state index contributed by atoms with van der Waals surface area (Å²) >= 11 is 5.25. The first-order valence-electron chi connectivity index (χ1n) is 8.67. The normalized spacial score (nSPS) is 10.6. The van der Waals surface area contributed by atoms with Crippen LogP contribution in [0.3, 0.4) is 0 Å². The van der Waals surface area contributed by atoms with Crippen LogP contribution >= 0.6 is 12.2 Å². The second-order valence-corrected chi connectivity index (χ2v) is 6.31.